The van der Waals surface area contributed by atoms with E-state index < -0.39 is 6.03 Å². The Labute approximate surface area is 146 Å². The zero-order valence-corrected chi connectivity index (χ0v) is 14.2. The third-order valence-corrected chi connectivity index (χ3v) is 4.50. The Kier molecular flexibility index (Phi) is 4.61. The maximum atomic E-state index is 12.5. The van der Waals surface area contributed by atoms with Crippen LogP contribution in [-0.4, -0.2) is 26.1 Å². The number of urea groups is 1. The lowest BCUT2D eigenvalue weighted by molar-refractivity contribution is -0.117. The van der Waals surface area contributed by atoms with Crippen LogP contribution < -0.4 is 20.7 Å². The number of carbonyl (C=O) groups excluding carboxylic acids is 2. The minimum absolute atomic E-state index is 0.0326. The van der Waals surface area contributed by atoms with Crippen molar-refractivity contribution in [3.63, 3.8) is 0 Å². The minimum Gasteiger partial charge on any atom is -0.496 e. The highest BCUT2D eigenvalue weighted by atomic mass is 16.5. The van der Waals surface area contributed by atoms with Gasteiger partial charge in [0.25, 0.3) is 0 Å². The van der Waals surface area contributed by atoms with Gasteiger partial charge in [-0.2, -0.15) is 0 Å². The molecule has 130 valence electrons. The van der Waals surface area contributed by atoms with E-state index >= 15 is 0 Å². The van der Waals surface area contributed by atoms with E-state index in [4.69, 9.17) is 10.5 Å². The first-order valence-corrected chi connectivity index (χ1v) is 8.08. The molecule has 2 atom stereocenters. The lowest BCUT2D eigenvalue weighted by Gasteiger charge is -2.15. The zero-order chi connectivity index (χ0) is 18.0. The summed E-state index contributed by atoms with van der Waals surface area (Å²) in [6, 6.07) is 14.3. The van der Waals surface area contributed by atoms with Crippen LogP contribution in [0.15, 0.2) is 48.5 Å². The van der Waals surface area contributed by atoms with E-state index in [9.17, 15) is 9.59 Å². The average Bonchev–Trinajstić information content (AvgIpc) is 3.42. The molecule has 0 spiro atoms. The first-order chi connectivity index (χ1) is 12.0. The number of amides is 3. The first kappa shape index (κ1) is 16.8. The number of ether oxygens (including phenoxy) is 1. The van der Waals surface area contributed by atoms with Gasteiger partial charge in [-0.15, -0.1) is 0 Å². The van der Waals surface area contributed by atoms with E-state index in [0.717, 1.165) is 17.7 Å². The Hall–Kier alpha value is -3.02. The summed E-state index contributed by atoms with van der Waals surface area (Å²) in [6.45, 7) is 0. The molecule has 1 aliphatic rings. The number of hydrogen-bond acceptors (Lipinski definition) is 3. The summed E-state index contributed by atoms with van der Waals surface area (Å²) in [4.78, 5) is 25.1. The van der Waals surface area contributed by atoms with Crippen molar-refractivity contribution in [2.45, 2.75) is 12.3 Å². The fraction of sp³-hybridized carbons (Fsp3) is 0.263. The molecule has 2 aromatic carbocycles. The molecule has 3 rings (SSSR count). The van der Waals surface area contributed by atoms with Crippen molar-refractivity contribution < 1.29 is 14.3 Å². The van der Waals surface area contributed by atoms with Crippen molar-refractivity contribution in [2.24, 2.45) is 11.7 Å². The monoisotopic (exact) mass is 339 g/mol. The highest BCUT2D eigenvalue weighted by Crippen LogP contribution is 2.50. The lowest BCUT2D eigenvalue weighted by Crippen LogP contribution is -2.31. The zero-order valence-electron chi connectivity index (χ0n) is 14.2. The molecule has 6 heteroatoms. The SMILES string of the molecule is COc1ccccc1[C@@H]1C[C@H]1C(=O)Nc1cccc(N(C)C(N)=O)c1. The summed E-state index contributed by atoms with van der Waals surface area (Å²) >= 11 is 0. The van der Waals surface area contributed by atoms with Crippen LogP contribution >= 0.6 is 0 Å². The predicted octanol–water partition coefficient (Wildman–Crippen LogP) is 2.95. The summed E-state index contributed by atoms with van der Waals surface area (Å²) < 4.78 is 5.38. The van der Waals surface area contributed by atoms with Crippen molar-refractivity contribution >= 4 is 23.3 Å². The van der Waals surface area contributed by atoms with Gasteiger partial charge in [-0.05, 0) is 42.2 Å². The summed E-state index contributed by atoms with van der Waals surface area (Å²) in [5.41, 5.74) is 7.60. The number of nitrogens with two attached hydrogens (primary N) is 1. The van der Waals surface area contributed by atoms with Crippen LogP contribution in [0, 0.1) is 5.92 Å². The molecular weight excluding hydrogens is 318 g/mol. The number of rotatable bonds is 5. The van der Waals surface area contributed by atoms with Gasteiger partial charge in [0.2, 0.25) is 5.91 Å². The molecule has 1 aliphatic carbocycles. The lowest BCUT2D eigenvalue weighted by atomic mass is 10.1. The Morgan fingerprint density at radius 1 is 1.20 bits per heavy atom. The van der Waals surface area contributed by atoms with Gasteiger partial charge in [0.05, 0.1) is 7.11 Å². The molecule has 0 saturated heterocycles. The van der Waals surface area contributed by atoms with Gasteiger partial charge < -0.3 is 15.8 Å². The summed E-state index contributed by atoms with van der Waals surface area (Å²) in [5, 5.41) is 2.92. The maximum absolute atomic E-state index is 12.5. The largest absolute Gasteiger partial charge is 0.496 e. The number of nitrogens with zero attached hydrogens (tertiary/aromatic N) is 1. The third kappa shape index (κ3) is 3.57. The van der Waals surface area contributed by atoms with E-state index in [1.807, 2.05) is 24.3 Å². The topological polar surface area (TPSA) is 84.7 Å². The Morgan fingerprint density at radius 3 is 2.68 bits per heavy atom. The third-order valence-electron chi connectivity index (χ3n) is 4.50. The van der Waals surface area contributed by atoms with Gasteiger partial charge in [0.1, 0.15) is 5.75 Å². The van der Waals surface area contributed by atoms with Crippen LogP contribution in [0.3, 0.4) is 0 Å². The molecule has 1 saturated carbocycles. The number of methoxy groups -OCH3 is 1. The van der Waals surface area contributed by atoms with Gasteiger partial charge in [0, 0.05) is 24.3 Å². The van der Waals surface area contributed by atoms with E-state index in [1.54, 1.807) is 38.4 Å². The Balaban J connectivity index is 1.68. The molecule has 3 N–H and O–H groups in total. The van der Waals surface area contributed by atoms with Crippen LogP contribution in [0.1, 0.15) is 17.9 Å². The maximum Gasteiger partial charge on any atom is 0.318 e. The normalized spacial score (nSPS) is 18.3. The van der Waals surface area contributed by atoms with Crippen molar-refractivity contribution in [3.05, 3.63) is 54.1 Å². The molecular formula is C19H21N3O3. The van der Waals surface area contributed by atoms with E-state index in [-0.39, 0.29) is 17.7 Å². The van der Waals surface area contributed by atoms with Crippen molar-refractivity contribution in [3.8, 4) is 5.75 Å². The first-order valence-electron chi connectivity index (χ1n) is 8.08. The molecule has 0 bridgehead atoms. The quantitative estimate of drug-likeness (QED) is 0.878. The van der Waals surface area contributed by atoms with Crippen LogP contribution in [0.4, 0.5) is 16.2 Å². The van der Waals surface area contributed by atoms with Crippen LogP contribution in [0.2, 0.25) is 0 Å². The van der Waals surface area contributed by atoms with Crippen molar-refractivity contribution in [2.75, 3.05) is 24.4 Å². The second kappa shape index (κ2) is 6.84. The second-order valence-corrected chi connectivity index (χ2v) is 6.13. The second-order valence-electron chi connectivity index (χ2n) is 6.13. The van der Waals surface area contributed by atoms with Gasteiger partial charge in [0.15, 0.2) is 0 Å². The fourth-order valence-electron chi connectivity index (χ4n) is 2.96. The summed E-state index contributed by atoms with van der Waals surface area (Å²) in [5.74, 6) is 0.879. The average molecular weight is 339 g/mol. The van der Waals surface area contributed by atoms with Crippen molar-refractivity contribution in [1.82, 2.24) is 0 Å². The smallest absolute Gasteiger partial charge is 0.318 e. The Morgan fingerprint density at radius 2 is 1.96 bits per heavy atom. The highest BCUT2D eigenvalue weighted by molar-refractivity contribution is 5.96. The number of nitrogens with one attached hydrogen (secondary N) is 1. The van der Waals surface area contributed by atoms with Crippen LogP contribution in [0.25, 0.3) is 0 Å². The summed E-state index contributed by atoms with van der Waals surface area (Å²) in [6.07, 6.45) is 0.799. The number of benzene rings is 2. The molecule has 0 heterocycles. The molecule has 2 aromatic rings. The van der Waals surface area contributed by atoms with E-state index in [1.165, 1.54) is 4.90 Å². The predicted molar refractivity (Wildman–Crippen MR) is 96.9 cm³/mol. The minimum atomic E-state index is -0.554. The van der Waals surface area contributed by atoms with Crippen LogP contribution in [-0.2, 0) is 4.79 Å². The highest BCUT2D eigenvalue weighted by Gasteiger charge is 2.45. The number of hydrogen-bond donors (Lipinski definition) is 2. The molecule has 1 fully saturated rings. The number of carbonyl (C=O) groups is 2. The molecule has 0 unspecified atom stereocenters. The van der Waals surface area contributed by atoms with Gasteiger partial charge in [-0.3, -0.25) is 9.69 Å². The molecule has 25 heavy (non-hydrogen) atoms. The summed E-state index contributed by atoms with van der Waals surface area (Å²) in [7, 11) is 3.22. The van der Waals surface area contributed by atoms with Gasteiger partial charge >= 0.3 is 6.03 Å². The van der Waals surface area contributed by atoms with E-state index in [0.29, 0.717) is 11.4 Å². The van der Waals surface area contributed by atoms with Gasteiger partial charge in [-0.1, -0.05) is 24.3 Å². The van der Waals surface area contributed by atoms with Crippen LogP contribution in [0.5, 0.6) is 5.75 Å². The number of para-hydroxylation sites is 1. The molecule has 0 radical (unpaired) electrons. The molecule has 3 amide bonds. The number of primary amides is 1. The molecule has 6 nitrogen and oxygen atoms in total. The van der Waals surface area contributed by atoms with E-state index in [2.05, 4.69) is 5.32 Å². The molecule has 0 aliphatic heterocycles. The van der Waals surface area contributed by atoms with Gasteiger partial charge in [-0.25, -0.2) is 4.79 Å². The fourth-order valence-corrected chi connectivity index (χ4v) is 2.96. The number of anilines is 2. The standard InChI is InChI=1S/C19H21N3O3/c1-22(19(20)24)13-7-5-6-12(10-13)21-18(23)16-11-15(16)14-8-3-4-9-17(14)25-2/h3-10,15-16H,11H2,1-2H3,(H2,20,24)(H,21,23)/t15-,16+/m0/s1. The van der Waals surface area contributed by atoms with Crippen molar-refractivity contribution in [1.29, 1.82) is 0 Å². The molecule has 0 aromatic heterocycles. The Bertz CT molecular complexity index is 806.